The summed E-state index contributed by atoms with van der Waals surface area (Å²) in [6.07, 6.45) is 1.97. The molecule has 3 aliphatic heterocycles. The van der Waals surface area contributed by atoms with Crippen molar-refractivity contribution in [2.45, 2.75) is 167 Å². The van der Waals surface area contributed by atoms with Crippen molar-refractivity contribution in [1.29, 1.82) is 0 Å². The lowest BCUT2D eigenvalue weighted by atomic mass is 9.81. The van der Waals surface area contributed by atoms with Crippen molar-refractivity contribution in [2.75, 3.05) is 27.9 Å². The number of ether oxygens (including phenoxy) is 5. The lowest BCUT2D eigenvalue weighted by molar-refractivity contribution is -0.302. The topological polar surface area (TPSA) is 228 Å². The molecule has 0 aromatic carbocycles. The first-order valence-electron chi connectivity index (χ1n) is 21.5. The smallest absolute Gasteiger partial charge is 0.333 e. The van der Waals surface area contributed by atoms with Gasteiger partial charge in [-0.25, -0.2) is 9.93 Å². The Bertz CT molecular complexity index is 1690. The van der Waals surface area contributed by atoms with Crippen molar-refractivity contribution in [2.24, 2.45) is 34.7 Å². The van der Waals surface area contributed by atoms with Gasteiger partial charge in [-0.3, -0.25) is 18.6 Å². The lowest BCUT2D eigenvalue weighted by Crippen LogP contribution is -2.64. The molecule has 3 heterocycles. The number of nitrogens with two attached hydrogens (primary N) is 1. The van der Waals surface area contributed by atoms with E-state index in [1.54, 1.807) is 20.8 Å². The largest absolute Gasteiger partial charge is 0.456 e. The van der Waals surface area contributed by atoms with Gasteiger partial charge in [0, 0.05) is 52.0 Å². The molecule has 0 aromatic rings. The standard InChI is InChI=1S/C43H70N2O14S/c1-10-30-18-24(2)17-25(3)19-36(55-8)39-37(56-9)21-27(5)43(51,58-39)40(48)41(49)45-16-12-11-13-31(45)42(50)57-38(28(6)32(46)23-33(30)47)26(4)20-29-14-15-34(35(22-29)54-7)59-60(44,52)53/h18,20,25,27-32,34-39,46,51H,10-17,19,21-23H2,1-9H3,(H2,44,52,53)/b24-18+,26-20+/t25-,27+,28+,29-,30+,31-,32-,34-,35+,36-,37-,38?,39+,43+/m0/s1. The first-order chi connectivity index (χ1) is 28.2. The zero-order valence-electron chi connectivity index (χ0n) is 36.9. The van der Waals surface area contributed by atoms with Crippen LogP contribution in [0.1, 0.15) is 112 Å². The molecule has 1 amide bonds. The van der Waals surface area contributed by atoms with Crippen LogP contribution in [0, 0.1) is 29.6 Å². The molecule has 4 N–H and O–H groups in total. The normalized spacial score (nSPS) is 39.9. The van der Waals surface area contributed by atoms with Crippen molar-refractivity contribution < 1.29 is 65.7 Å². The number of cyclic esters (lactones) is 1. The summed E-state index contributed by atoms with van der Waals surface area (Å²) in [5.41, 5.74) is 1.53. The maximum absolute atomic E-state index is 14.4. The first-order valence-corrected chi connectivity index (χ1v) is 23.0. The summed E-state index contributed by atoms with van der Waals surface area (Å²) in [6, 6.07) is -1.19. The molecular formula is C43H70N2O14S. The fourth-order valence-electron chi connectivity index (χ4n) is 9.66. The van der Waals surface area contributed by atoms with E-state index < -0.39 is 100 Å². The third-order valence-corrected chi connectivity index (χ3v) is 13.6. The third kappa shape index (κ3) is 12.3. The summed E-state index contributed by atoms with van der Waals surface area (Å²) in [7, 11) is 0.256. The summed E-state index contributed by atoms with van der Waals surface area (Å²) in [5, 5.41) is 28.9. The number of aliphatic hydroxyl groups is 2. The van der Waals surface area contributed by atoms with Crippen molar-refractivity contribution in [3.63, 3.8) is 0 Å². The van der Waals surface area contributed by atoms with E-state index in [9.17, 15) is 37.8 Å². The first kappa shape index (κ1) is 50.0. The van der Waals surface area contributed by atoms with Crippen LogP contribution in [-0.2, 0) is 57.3 Å². The van der Waals surface area contributed by atoms with Gasteiger partial charge in [0.15, 0.2) is 0 Å². The van der Waals surface area contributed by atoms with Gasteiger partial charge in [-0.2, -0.15) is 8.42 Å². The Morgan fingerprint density at radius 3 is 2.22 bits per heavy atom. The van der Waals surface area contributed by atoms with Gasteiger partial charge in [0.25, 0.3) is 11.7 Å². The number of methoxy groups -OCH3 is 3. The van der Waals surface area contributed by atoms with E-state index in [2.05, 4.69) is 0 Å². The fourth-order valence-corrected chi connectivity index (χ4v) is 10.2. The van der Waals surface area contributed by atoms with Crippen LogP contribution in [0.5, 0.6) is 0 Å². The second-order valence-electron chi connectivity index (χ2n) is 17.7. The zero-order chi connectivity index (χ0) is 44.7. The molecular weight excluding hydrogens is 801 g/mol. The predicted molar refractivity (Wildman–Crippen MR) is 220 cm³/mol. The number of carbonyl (C=O) groups is 4. The van der Waals surface area contributed by atoms with E-state index in [1.165, 1.54) is 21.3 Å². The van der Waals surface area contributed by atoms with Crippen LogP contribution >= 0.6 is 0 Å². The van der Waals surface area contributed by atoms with Crippen LogP contribution in [0.2, 0.25) is 0 Å². The van der Waals surface area contributed by atoms with Crippen molar-refractivity contribution in [3.05, 3.63) is 23.3 Å². The predicted octanol–water partition coefficient (Wildman–Crippen LogP) is 3.70. The Morgan fingerprint density at radius 2 is 1.60 bits per heavy atom. The highest BCUT2D eigenvalue weighted by atomic mass is 32.2. The molecule has 3 fully saturated rings. The molecule has 2 bridgehead atoms. The van der Waals surface area contributed by atoms with E-state index in [4.69, 9.17) is 33.0 Å². The summed E-state index contributed by atoms with van der Waals surface area (Å²) < 4.78 is 58.3. The SMILES string of the molecule is CC[C@@H]1/C=C(\C)C[C@H](C)C[C@H](OC)[C@H]2O[C@@](O)(C(=O)C(=O)N3CCCC[C@H]3C(=O)OC(/C(C)=C/[C@@H]3CC[C@H](OS(N)(=O)=O)[C@H](OC)C3)[C@H](C)[C@@H](O)CC1=O)[C@H](C)C[C@@H]2OC. The van der Waals surface area contributed by atoms with Crippen molar-refractivity contribution in [1.82, 2.24) is 4.90 Å². The molecule has 60 heavy (non-hydrogen) atoms. The van der Waals surface area contributed by atoms with Gasteiger partial charge in [0.2, 0.25) is 5.79 Å². The van der Waals surface area contributed by atoms with Crippen molar-refractivity contribution >= 4 is 33.7 Å². The number of esters is 1. The molecule has 17 heteroatoms. The Labute approximate surface area is 356 Å². The van der Waals surface area contributed by atoms with E-state index in [0.29, 0.717) is 56.9 Å². The molecule has 342 valence electrons. The molecule has 0 spiro atoms. The molecule has 0 radical (unpaired) electrons. The number of nitrogens with zero attached hydrogens (tertiary/aromatic N) is 1. The van der Waals surface area contributed by atoms with Gasteiger partial charge in [0.05, 0.1) is 24.4 Å². The zero-order valence-corrected chi connectivity index (χ0v) is 37.7. The molecule has 1 unspecified atom stereocenters. The minimum atomic E-state index is -4.22. The molecule has 1 aliphatic carbocycles. The highest BCUT2D eigenvalue weighted by Gasteiger charge is 2.56. The molecule has 4 aliphatic rings. The van der Waals surface area contributed by atoms with E-state index >= 15 is 0 Å². The molecule has 14 atom stereocenters. The molecule has 0 aromatic heterocycles. The maximum atomic E-state index is 14.4. The second kappa shape index (κ2) is 21.7. The highest BCUT2D eigenvalue weighted by molar-refractivity contribution is 7.84. The molecule has 2 saturated heterocycles. The number of rotatable bonds is 8. The Hall–Kier alpha value is -2.61. The summed E-state index contributed by atoms with van der Waals surface area (Å²) in [6.45, 7) is 11.0. The van der Waals surface area contributed by atoms with Gasteiger partial charge < -0.3 is 38.8 Å². The summed E-state index contributed by atoms with van der Waals surface area (Å²) in [4.78, 5) is 57.8. The van der Waals surface area contributed by atoms with Gasteiger partial charge in [-0.15, -0.1) is 0 Å². The number of carbonyl (C=O) groups excluding carboxylic acids is 4. The van der Waals surface area contributed by atoms with Crippen LogP contribution in [-0.4, -0.2) is 129 Å². The average molecular weight is 871 g/mol. The number of hydrogen-bond donors (Lipinski definition) is 3. The average Bonchev–Trinajstić information content (AvgIpc) is 3.20. The van der Waals surface area contributed by atoms with Crippen LogP contribution < -0.4 is 5.14 Å². The number of hydrogen-bond acceptors (Lipinski definition) is 14. The third-order valence-electron chi connectivity index (χ3n) is 13.1. The van der Waals surface area contributed by atoms with Gasteiger partial charge in [-0.05, 0) is 95.5 Å². The van der Waals surface area contributed by atoms with Gasteiger partial charge in [0.1, 0.15) is 30.1 Å². The number of Topliss-reactive ketones (excluding diaryl/α,β-unsaturated/α-hetero) is 2. The fraction of sp³-hybridized carbons (Fsp3) is 0.814. The van der Waals surface area contributed by atoms with Crippen LogP contribution in [0.15, 0.2) is 23.3 Å². The number of allylic oxidation sites excluding steroid dienone is 3. The number of piperidine rings is 1. The van der Waals surface area contributed by atoms with Crippen LogP contribution in [0.25, 0.3) is 0 Å². The number of aliphatic hydroxyl groups excluding tert-OH is 1. The quantitative estimate of drug-likeness (QED) is 0.180. The number of fused-ring (bicyclic) bond motifs is 3. The minimum Gasteiger partial charge on any atom is -0.456 e. The highest BCUT2D eigenvalue weighted by Crippen LogP contribution is 2.39. The number of amides is 1. The van der Waals surface area contributed by atoms with E-state index in [0.717, 1.165) is 10.5 Å². The van der Waals surface area contributed by atoms with E-state index in [1.807, 2.05) is 32.9 Å². The second-order valence-corrected chi connectivity index (χ2v) is 18.9. The minimum absolute atomic E-state index is 0.00708. The van der Waals surface area contributed by atoms with Gasteiger partial charge >= 0.3 is 16.3 Å². The lowest BCUT2D eigenvalue weighted by Gasteiger charge is -2.47. The maximum Gasteiger partial charge on any atom is 0.333 e. The summed E-state index contributed by atoms with van der Waals surface area (Å²) in [5.74, 6) is -8.07. The van der Waals surface area contributed by atoms with E-state index in [-0.39, 0.29) is 43.4 Å². The molecule has 4 rings (SSSR count). The Morgan fingerprint density at radius 1 is 0.950 bits per heavy atom. The monoisotopic (exact) mass is 870 g/mol. The van der Waals surface area contributed by atoms with Crippen LogP contribution in [0.3, 0.4) is 0 Å². The summed E-state index contributed by atoms with van der Waals surface area (Å²) >= 11 is 0. The molecule has 16 nitrogen and oxygen atoms in total. The van der Waals surface area contributed by atoms with Gasteiger partial charge in [-0.1, -0.05) is 45.4 Å². The van der Waals surface area contributed by atoms with Crippen LogP contribution in [0.4, 0.5) is 0 Å². The van der Waals surface area contributed by atoms with Crippen molar-refractivity contribution in [3.8, 4) is 0 Å². The molecule has 1 saturated carbocycles. The Kier molecular flexibility index (Phi) is 18.1. The Balaban J connectivity index is 1.75. The number of ketones is 2.